The van der Waals surface area contributed by atoms with Crippen molar-refractivity contribution in [1.29, 1.82) is 0 Å². The standard InChI is InChI=1S/C23H30N2O4S/c1-17-9-14-21(15-22(17)23(26)24-19-7-5-4-6-8-19)30(27,28)25(2)16-18-10-12-20(29-3)13-11-18/h9-15,19H,4-8,16H2,1-3H3,(H,24,26). The van der Waals surface area contributed by atoms with Crippen LogP contribution in [0, 0.1) is 6.92 Å². The first-order chi connectivity index (χ1) is 14.3. The number of amides is 1. The highest BCUT2D eigenvalue weighted by Crippen LogP contribution is 2.23. The van der Waals surface area contributed by atoms with Gasteiger partial charge in [0.25, 0.3) is 5.91 Å². The van der Waals surface area contributed by atoms with Gasteiger partial charge < -0.3 is 10.1 Å². The van der Waals surface area contributed by atoms with Gasteiger partial charge in [0.2, 0.25) is 10.0 Å². The van der Waals surface area contributed by atoms with E-state index in [9.17, 15) is 13.2 Å². The van der Waals surface area contributed by atoms with Crippen molar-refractivity contribution >= 4 is 15.9 Å². The van der Waals surface area contributed by atoms with E-state index in [2.05, 4.69) is 5.32 Å². The molecule has 0 spiro atoms. The summed E-state index contributed by atoms with van der Waals surface area (Å²) in [6.45, 7) is 2.05. The van der Waals surface area contributed by atoms with E-state index >= 15 is 0 Å². The molecule has 1 fully saturated rings. The zero-order valence-corrected chi connectivity index (χ0v) is 18.7. The Balaban J connectivity index is 1.77. The maximum atomic E-state index is 13.1. The molecule has 1 N–H and O–H groups in total. The van der Waals surface area contributed by atoms with Gasteiger partial charge in [-0.1, -0.05) is 37.5 Å². The summed E-state index contributed by atoms with van der Waals surface area (Å²) in [6, 6.07) is 12.2. The van der Waals surface area contributed by atoms with Crippen molar-refractivity contribution in [2.45, 2.75) is 56.5 Å². The molecule has 2 aromatic rings. The lowest BCUT2D eigenvalue weighted by Crippen LogP contribution is -2.36. The molecular formula is C23H30N2O4S. The molecule has 3 rings (SSSR count). The Morgan fingerprint density at radius 2 is 1.77 bits per heavy atom. The molecule has 2 aromatic carbocycles. The van der Waals surface area contributed by atoms with Crippen molar-refractivity contribution in [2.75, 3.05) is 14.2 Å². The number of carbonyl (C=O) groups excluding carboxylic acids is 1. The molecule has 1 saturated carbocycles. The van der Waals surface area contributed by atoms with Gasteiger partial charge in [-0.05, 0) is 55.2 Å². The third kappa shape index (κ3) is 5.21. The molecule has 1 aliphatic rings. The van der Waals surface area contributed by atoms with Crippen molar-refractivity contribution in [3.63, 3.8) is 0 Å². The molecule has 0 radical (unpaired) electrons. The van der Waals surface area contributed by atoms with Crippen LogP contribution in [0.5, 0.6) is 5.75 Å². The number of hydrogen-bond donors (Lipinski definition) is 1. The van der Waals surface area contributed by atoms with Gasteiger partial charge in [0.1, 0.15) is 5.75 Å². The van der Waals surface area contributed by atoms with Gasteiger partial charge in [-0.25, -0.2) is 8.42 Å². The van der Waals surface area contributed by atoms with Crippen molar-refractivity contribution in [1.82, 2.24) is 9.62 Å². The van der Waals surface area contributed by atoms with E-state index in [1.54, 1.807) is 38.4 Å². The van der Waals surface area contributed by atoms with Crippen LogP contribution < -0.4 is 10.1 Å². The van der Waals surface area contributed by atoms with E-state index in [1.165, 1.54) is 16.8 Å². The van der Waals surface area contributed by atoms with E-state index < -0.39 is 10.0 Å². The Morgan fingerprint density at radius 3 is 2.40 bits per heavy atom. The molecule has 30 heavy (non-hydrogen) atoms. The summed E-state index contributed by atoms with van der Waals surface area (Å²) in [7, 11) is -0.606. The van der Waals surface area contributed by atoms with Gasteiger partial charge in [-0.2, -0.15) is 4.31 Å². The second kappa shape index (κ2) is 9.62. The topological polar surface area (TPSA) is 75.7 Å². The van der Waals surface area contributed by atoms with Crippen molar-refractivity contribution in [3.05, 3.63) is 59.2 Å². The largest absolute Gasteiger partial charge is 0.497 e. The van der Waals surface area contributed by atoms with Gasteiger partial charge in [0.15, 0.2) is 0 Å². The van der Waals surface area contributed by atoms with Gasteiger partial charge >= 0.3 is 0 Å². The molecule has 162 valence electrons. The van der Waals surface area contributed by atoms with Crippen LogP contribution in [0.4, 0.5) is 0 Å². The molecule has 0 aromatic heterocycles. The van der Waals surface area contributed by atoms with Gasteiger partial charge in [-0.15, -0.1) is 0 Å². The molecule has 0 heterocycles. The smallest absolute Gasteiger partial charge is 0.251 e. The Kier molecular flexibility index (Phi) is 7.15. The zero-order valence-electron chi connectivity index (χ0n) is 17.8. The van der Waals surface area contributed by atoms with Crippen molar-refractivity contribution in [2.24, 2.45) is 0 Å². The minimum Gasteiger partial charge on any atom is -0.497 e. The first-order valence-electron chi connectivity index (χ1n) is 10.3. The molecule has 6 nitrogen and oxygen atoms in total. The summed E-state index contributed by atoms with van der Waals surface area (Å²) >= 11 is 0. The predicted octanol–water partition coefficient (Wildman–Crippen LogP) is 3.89. The van der Waals surface area contributed by atoms with E-state index in [1.807, 2.05) is 19.1 Å². The van der Waals surface area contributed by atoms with Crippen LogP contribution in [0.1, 0.15) is 53.6 Å². The molecule has 0 unspecified atom stereocenters. The second-order valence-corrected chi connectivity index (χ2v) is 9.94. The van der Waals surface area contributed by atoms with Gasteiger partial charge in [0.05, 0.1) is 12.0 Å². The minimum atomic E-state index is -3.74. The maximum absolute atomic E-state index is 13.1. The van der Waals surface area contributed by atoms with Crippen molar-refractivity contribution < 1.29 is 17.9 Å². The number of aryl methyl sites for hydroxylation is 1. The molecule has 0 aliphatic heterocycles. The summed E-state index contributed by atoms with van der Waals surface area (Å²) in [5.74, 6) is 0.519. The Bertz CT molecular complexity index is 981. The van der Waals surface area contributed by atoms with Crippen LogP contribution in [0.3, 0.4) is 0 Å². The molecule has 1 aliphatic carbocycles. The highest BCUT2D eigenvalue weighted by Gasteiger charge is 2.24. The number of ether oxygens (including phenoxy) is 1. The predicted molar refractivity (Wildman–Crippen MR) is 117 cm³/mol. The molecule has 7 heteroatoms. The Hall–Kier alpha value is -2.38. The highest BCUT2D eigenvalue weighted by atomic mass is 32.2. The number of sulfonamides is 1. The third-order valence-electron chi connectivity index (χ3n) is 5.67. The number of nitrogens with one attached hydrogen (secondary N) is 1. The minimum absolute atomic E-state index is 0.123. The lowest BCUT2D eigenvalue weighted by Gasteiger charge is -2.23. The Labute approximate surface area is 179 Å². The fourth-order valence-electron chi connectivity index (χ4n) is 3.77. The Morgan fingerprint density at radius 1 is 1.10 bits per heavy atom. The van der Waals surface area contributed by atoms with Crippen LogP contribution >= 0.6 is 0 Å². The fraction of sp³-hybridized carbons (Fsp3) is 0.435. The SMILES string of the molecule is COc1ccc(CN(C)S(=O)(=O)c2ccc(C)c(C(=O)NC3CCCCC3)c2)cc1. The first-order valence-corrected chi connectivity index (χ1v) is 11.8. The van der Waals surface area contributed by atoms with E-state index in [0.717, 1.165) is 42.6 Å². The average Bonchev–Trinajstić information content (AvgIpc) is 2.75. The average molecular weight is 431 g/mol. The quantitative estimate of drug-likeness (QED) is 0.723. The van der Waals surface area contributed by atoms with E-state index in [0.29, 0.717) is 5.56 Å². The zero-order chi connectivity index (χ0) is 21.7. The molecule has 0 bridgehead atoms. The van der Waals surface area contributed by atoms with E-state index in [4.69, 9.17) is 4.74 Å². The molecule has 1 amide bonds. The van der Waals surface area contributed by atoms with Gasteiger partial charge in [0, 0.05) is 25.2 Å². The summed E-state index contributed by atoms with van der Waals surface area (Å²) in [4.78, 5) is 12.9. The highest BCUT2D eigenvalue weighted by molar-refractivity contribution is 7.89. The number of hydrogen-bond acceptors (Lipinski definition) is 4. The molecule has 0 saturated heterocycles. The fourth-order valence-corrected chi connectivity index (χ4v) is 4.95. The number of nitrogens with zero attached hydrogens (tertiary/aromatic N) is 1. The van der Waals surface area contributed by atoms with Crippen LogP contribution in [-0.2, 0) is 16.6 Å². The molecule has 0 atom stereocenters. The number of carbonyl (C=O) groups is 1. The normalized spacial score (nSPS) is 15.2. The summed E-state index contributed by atoms with van der Waals surface area (Å²) in [5, 5.41) is 3.08. The third-order valence-corrected chi connectivity index (χ3v) is 7.47. The second-order valence-electron chi connectivity index (χ2n) is 7.89. The number of benzene rings is 2. The van der Waals surface area contributed by atoms with Gasteiger partial charge in [-0.3, -0.25) is 4.79 Å². The van der Waals surface area contributed by atoms with Crippen molar-refractivity contribution in [3.8, 4) is 5.75 Å². The monoisotopic (exact) mass is 430 g/mol. The lowest BCUT2D eigenvalue weighted by atomic mass is 9.95. The maximum Gasteiger partial charge on any atom is 0.251 e. The van der Waals surface area contributed by atoms with Crippen LogP contribution in [0.2, 0.25) is 0 Å². The lowest BCUT2D eigenvalue weighted by molar-refractivity contribution is 0.0927. The molecular weight excluding hydrogens is 400 g/mol. The number of methoxy groups -OCH3 is 1. The van der Waals surface area contributed by atoms with Crippen LogP contribution in [0.25, 0.3) is 0 Å². The number of rotatable bonds is 7. The summed E-state index contributed by atoms with van der Waals surface area (Å²) < 4.78 is 32.6. The summed E-state index contributed by atoms with van der Waals surface area (Å²) in [6.07, 6.45) is 5.41. The van der Waals surface area contributed by atoms with Crippen LogP contribution in [0.15, 0.2) is 47.4 Å². The van der Waals surface area contributed by atoms with E-state index in [-0.39, 0.29) is 23.4 Å². The first kappa shape index (κ1) is 22.3. The summed E-state index contributed by atoms with van der Waals surface area (Å²) in [5.41, 5.74) is 2.03. The van der Waals surface area contributed by atoms with Crippen LogP contribution in [-0.4, -0.2) is 38.8 Å².